The topological polar surface area (TPSA) is 46.3 Å². The van der Waals surface area contributed by atoms with Crippen LogP contribution in [-0.4, -0.2) is 36.9 Å². The van der Waals surface area contributed by atoms with Gasteiger partial charge in [-0.1, -0.05) is 0 Å². The molecular weight excluding hydrogens is 152 g/mol. The van der Waals surface area contributed by atoms with Crippen molar-refractivity contribution in [1.82, 2.24) is 4.90 Å². The Morgan fingerprint density at radius 2 is 2.33 bits per heavy atom. The summed E-state index contributed by atoms with van der Waals surface area (Å²) >= 11 is 0. The van der Waals surface area contributed by atoms with E-state index in [0.29, 0.717) is 12.3 Å². The summed E-state index contributed by atoms with van der Waals surface area (Å²) < 4.78 is 0. The molecule has 3 nitrogen and oxygen atoms in total. The summed E-state index contributed by atoms with van der Waals surface area (Å²) in [4.78, 5) is 13.1. The first-order valence-electron chi connectivity index (χ1n) is 4.53. The third kappa shape index (κ3) is 2.57. The molecule has 0 aromatic carbocycles. The van der Waals surface area contributed by atoms with Crippen molar-refractivity contribution in [1.29, 1.82) is 0 Å². The maximum absolute atomic E-state index is 10.9. The maximum Gasteiger partial charge on any atom is 0.130 e. The van der Waals surface area contributed by atoms with Crippen molar-refractivity contribution < 1.29 is 4.79 Å². The number of hydrogen-bond acceptors (Lipinski definition) is 3. The van der Waals surface area contributed by atoms with E-state index in [9.17, 15) is 4.79 Å². The van der Waals surface area contributed by atoms with Crippen molar-refractivity contribution in [2.24, 2.45) is 11.7 Å². The molecule has 3 heteroatoms. The normalized spacial score (nSPS) is 31.9. The number of likely N-dealkylation sites (N-methyl/N-ethyl adjacent to an activating group) is 1. The van der Waals surface area contributed by atoms with E-state index in [1.54, 1.807) is 6.92 Å². The van der Waals surface area contributed by atoms with Crippen LogP contribution in [-0.2, 0) is 4.79 Å². The van der Waals surface area contributed by atoms with Gasteiger partial charge < -0.3 is 15.4 Å². The zero-order chi connectivity index (χ0) is 9.14. The molecule has 0 aromatic heterocycles. The fourth-order valence-corrected chi connectivity index (χ4v) is 1.82. The second-order valence-corrected chi connectivity index (χ2v) is 3.88. The van der Waals surface area contributed by atoms with Crippen molar-refractivity contribution >= 4 is 5.78 Å². The lowest BCUT2D eigenvalue weighted by molar-refractivity contribution is -0.118. The van der Waals surface area contributed by atoms with Gasteiger partial charge in [0, 0.05) is 19.0 Å². The van der Waals surface area contributed by atoms with Crippen molar-refractivity contribution in [3.8, 4) is 0 Å². The second kappa shape index (κ2) is 4.01. The molecular formula is C9H18N2O. The average Bonchev–Trinajstić information content (AvgIpc) is 1.94. The van der Waals surface area contributed by atoms with Gasteiger partial charge in [-0.2, -0.15) is 0 Å². The van der Waals surface area contributed by atoms with E-state index in [4.69, 9.17) is 5.73 Å². The Labute approximate surface area is 73.9 Å². The van der Waals surface area contributed by atoms with Crippen LogP contribution in [0.3, 0.4) is 0 Å². The molecule has 0 bridgehead atoms. The number of ketones is 1. The molecule has 12 heavy (non-hydrogen) atoms. The van der Waals surface area contributed by atoms with Crippen LogP contribution in [0.25, 0.3) is 0 Å². The Bertz CT molecular complexity index is 170. The minimum absolute atomic E-state index is 0.188. The fourth-order valence-electron chi connectivity index (χ4n) is 1.82. The van der Waals surface area contributed by atoms with Crippen LogP contribution in [0, 0.1) is 5.92 Å². The SMILES string of the molecule is CC(=O)CC1CCN(C)CC1N. The van der Waals surface area contributed by atoms with Crippen molar-refractivity contribution in [3.05, 3.63) is 0 Å². The van der Waals surface area contributed by atoms with Crippen molar-refractivity contribution in [3.63, 3.8) is 0 Å². The van der Waals surface area contributed by atoms with Crippen LogP contribution >= 0.6 is 0 Å². The fraction of sp³-hybridized carbons (Fsp3) is 0.889. The van der Waals surface area contributed by atoms with Crippen molar-refractivity contribution in [2.75, 3.05) is 20.1 Å². The zero-order valence-corrected chi connectivity index (χ0v) is 7.92. The average molecular weight is 170 g/mol. The molecule has 1 rings (SSSR count). The Morgan fingerprint density at radius 1 is 1.67 bits per heavy atom. The minimum Gasteiger partial charge on any atom is -0.326 e. The number of carbonyl (C=O) groups excluding carboxylic acids is 1. The predicted molar refractivity (Wildman–Crippen MR) is 48.9 cm³/mol. The summed E-state index contributed by atoms with van der Waals surface area (Å²) in [7, 11) is 2.07. The summed E-state index contributed by atoms with van der Waals surface area (Å²) in [6, 6.07) is 0.188. The van der Waals surface area contributed by atoms with Gasteiger partial charge in [-0.05, 0) is 32.9 Å². The number of Topliss-reactive ketones (excluding diaryl/α,β-unsaturated/α-hetero) is 1. The lowest BCUT2D eigenvalue weighted by atomic mass is 9.88. The molecule has 1 aliphatic heterocycles. The van der Waals surface area contributed by atoms with Crippen molar-refractivity contribution in [2.45, 2.75) is 25.8 Å². The summed E-state index contributed by atoms with van der Waals surface area (Å²) in [5.74, 6) is 0.679. The van der Waals surface area contributed by atoms with Crippen LogP contribution in [0.4, 0.5) is 0 Å². The largest absolute Gasteiger partial charge is 0.326 e. The van der Waals surface area contributed by atoms with Gasteiger partial charge in [0.2, 0.25) is 0 Å². The number of carbonyl (C=O) groups is 1. The molecule has 2 N–H and O–H groups in total. The first kappa shape index (κ1) is 9.68. The molecule has 0 radical (unpaired) electrons. The van der Waals surface area contributed by atoms with E-state index >= 15 is 0 Å². The van der Waals surface area contributed by atoms with E-state index in [-0.39, 0.29) is 11.8 Å². The third-order valence-electron chi connectivity index (χ3n) is 2.56. The van der Waals surface area contributed by atoms with Gasteiger partial charge in [0.1, 0.15) is 5.78 Å². The zero-order valence-electron chi connectivity index (χ0n) is 7.92. The van der Waals surface area contributed by atoms with Gasteiger partial charge in [-0.25, -0.2) is 0 Å². The molecule has 2 atom stereocenters. The number of hydrogen-bond donors (Lipinski definition) is 1. The van der Waals surface area contributed by atoms with Gasteiger partial charge >= 0.3 is 0 Å². The highest BCUT2D eigenvalue weighted by Crippen LogP contribution is 2.18. The lowest BCUT2D eigenvalue weighted by Gasteiger charge is -2.34. The van der Waals surface area contributed by atoms with E-state index < -0.39 is 0 Å². The Morgan fingerprint density at radius 3 is 2.83 bits per heavy atom. The highest BCUT2D eigenvalue weighted by molar-refractivity contribution is 5.75. The minimum atomic E-state index is 0.188. The molecule has 0 spiro atoms. The van der Waals surface area contributed by atoms with E-state index in [1.165, 1.54) is 0 Å². The van der Waals surface area contributed by atoms with Gasteiger partial charge in [0.15, 0.2) is 0 Å². The van der Waals surface area contributed by atoms with E-state index in [1.807, 2.05) is 0 Å². The van der Waals surface area contributed by atoms with Crippen LogP contribution < -0.4 is 5.73 Å². The molecule has 1 aliphatic rings. The van der Waals surface area contributed by atoms with Crippen LogP contribution in [0.2, 0.25) is 0 Å². The van der Waals surface area contributed by atoms with Crippen LogP contribution in [0.1, 0.15) is 19.8 Å². The molecule has 0 aliphatic carbocycles. The first-order chi connectivity index (χ1) is 5.59. The number of likely N-dealkylation sites (tertiary alicyclic amines) is 1. The Balaban J connectivity index is 2.39. The molecule has 0 aromatic rings. The van der Waals surface area contributed by atoms with Gasteiger partial charge in [-0.15, -0.1) is 0 Å². The summed E-state index contributed by atoms with van der Waals surface area (Å²) in [5.41, 5.74) is 5.92. The maximum atomic E-state index is 10.9. The van der Waals surface area contributed by atoms with E-state index in [0.717, 1.165) is 19.5 Å². The van der Waals surface area contributed by atoms with Crippen LogP contribution in [0.15, 0.2) is 0 Å². The van der Waals surface area contributed by atoms with Gasteiger partial charge in [0.05, 0.1) is 0 Å². The number of piperidine rings is 1. The standard InChI is InChI=1S/C9H18N2O/c1-7(12)5-8-3-4-11(2)6-9(8)10/h8-9H,3-6,10H2,1-2H3. The first-order valence-corrected chi connectivity index (χ1v) is 4.53. The summed E-state index contributed by atoms with van der Waals surface area (Å²) in [6.45, 7) is 3.65. The smallest absolute Gasteiger partial charge is 0.130 e. The Kier molecular flexibility index (Phi) is 3.23. The van der Waals surface area contributed by atoms with Gasteiger partial charge in [0.25, 0.3) is 0 Å². The Hall–Kier alpha value is -0.410. The lowest BCUT2D eigenvalue weighted by Crippen LogP contribution is -2.47. The number of rotatable bonds is 2. The predicted octanol–water partition coefficient (Wildman–Crippen LogP) is 0.244. The van der Waals surface area contributed by atoms with Gasteiger partial charge in [-0.3, -0.25) is 0 Å². The molecule has 0 saturated carbocycles. The highest BCUT2D eigenvalue weighted by Gasteiger charge is 2.25. The summed E-state index contributed by atoms with van der Waals surface area (Å²) in [6.07, 6.45) is 1.73. The molecule has 1 fully saturated rings. The molecule has 70 valence electrons. The second-order valence-electron chi connectivity index (χ2n) is 3.88. The highest BCUT2D eigenvalue weighted by atomic mass is 16.1. The number of nitrogens with zero attached hydrogens (tertiary/aromatic N) is 1. The van der Waals surface area contributed by atoms with E-state index in [2.05, 4.69) is 11.9 Å². The third-order valence-corrected chi connectivity index (χ3v) is 2.56. The quantitative estimate of drug-likeness (QED) is 0.646. The number of nitrogens with two attached hydrogens (primary N) is 1. The molecule has 1 saturated heterocycles. The molecule has 1 heterocycles. The van der Waals surface area contributed by atoms with Crippen LogP contribution in [0.5, 0.6) is 0 Å². The summed E-state index contributed by atoms with van der Waals surface area (Å²) in [5, 5.41) is 0. The monoisotopic (exact) mass is 170 g/mol. The molecule has 2 unspecified atom stereocenters. The molecule has 0 amide bonds.